The molecule has 1 aliphatic rings. The van der Waals surface area contributed by atoms with Crippen LogP contribution in [0.25, 0.3) is 16.5 Å². The molecule has 3 rings (SSSR count). The number of nitrogens with one attached hydrogen (secondary N) is 1. The average Bonchev–Trinajstić information content (AvgIpc) is 2.98. The molecular formula is C23H31NO3. The normalized spacial score (nSPS) is 14.5. The summed E-state index contributed by atoms with van der Waals surface area (Å²) in [6.07, 6.45) is 7.13. The molecule has 1 N–H and O–H groups in total. The Labute approximate surface area is 162 Å². The predicted molar refractivity (Wildman–Crippen MR) is 110 cm³/mol. The third kappa shape index (κ3) is 4.55. The summed E-state index contributed by atoms with van der Waals surface area (Å²) in [6, 6.07) is 4.13. The minimum atomic E-state index is -0.0510. The van der Waals surface area contributed by atoms with Crippen molar-refractivity contribution in [3.05, 3.63) is 35.1 Å². The molecule has 1 amide bonds. The molecule has 0 spiro atoms. The number of fused-ring (bicyclic) bond motifs is 3. The first kappa shape index (κ1) is 19.5. The Hall–Kier alpha value is -2.23. The third-order valence-electron chi connectivity index (χ3n) is 5.15. The molecule has 0 atom stereocenters. The lowest BCUT2D eigenvalue weighted by molar-refractivity contribution is -0.116. The molecule has 0 fully saturated rings. The van der Waals surface area contributed by atoms with Crippen LogP contribution >= 0.6 is 0 Å². The molecule has 27 heavy (non-hydrogen) atoms. The standard InChI is InChI=1S/C23H31NO3/c1-5-26-21-14-22-19(17-8-6-7-9-20(17)27-22)13-18(21)16(4)12-23(25)24-11-10-15(2)3/h12-15H,5-11H2,1-4H3,(H,24,25)/b16-12+. The second-order valence-electron chi connectivity index (χ2n) is 7.79. The number of aryl methyl sites for hydroxylation is 2. The smallest absolute Gasteiger partial charge is 0.244 e. The Balaban J connectivity index is 1.92. The van der Waals surface area contributed by atoms with Gasteiger partial charge in [0.05, 0.1) is 6.61 Å². The van der Waals surface area contributed by atoms with Crippen LogP contribution in [0.1, 0.15) is 63.8 Å². The Morgan fingerprint density at radius 1 is 1.30 bits per heavy atom. The number of benzene rings is 1. The van der Waals surface area contributed by atoms with E-state index in [2.05, 4.69) is 25.2 Å². The van der Waals surface area contributed by atoms with Gasteiger partial charge in [-0.2, -0.15) is 0 Å². The number of rotatable bonds is 7. The fraction of sp³-hybridized carbons (Fsp3) is 0.522. The van der Waals surface area contributed by atoms with Crippen LogP contribution in [0, 0.1) is 5.92 Å². The first-order valence-electron chi connectivity index (χ1n) is 10.2. The highest BCUT2D eigenvalue weighted by Crippen LogP contribution is 2.38. The molecule has 0 saturated carbocycles. The van der Waals surface area contributed by atoms with E-state index in [1.165, 1.54) is 18.4 Å². The lowest BCUT2D eigenvalue weighted by Gasteiger charge is -2.12. The fourth-order valence-electron chi connectivity index (χ4n) is 3.68. The maximum Gasteiger partial charge on any atom is 0.244 e. The molecule has 0 unspecified atom stereocenters. The van der Waals surface area contributed by atoms with Crippen molar-refractivity contribution in [3.8, 4) is 5.75 Å². The molecule has 0 bridgehead atoms. The van der Waals surface area contributed by atoms with Crippen molar-refractivity contribution in [3.63, 3.8) is 0 Å². The summed E-state index contributed by atoms with van der Waals surface area (Å²) in [7, 11) is 0. The van der Waals surface area contributed by atoms with E-state index in [1.807, 2.05) is 19.9 Å². The van der Waals surface area contributed by atoms with Crippen LogP contribution in [0.2, 0.25) is 0 Å². The second kappa shape index (κ2) is 8.64. The summed E-state index contributed by atoms with van der Waals surface area (Å²) in [5.74, 6) is 2.42. The van der Waals surface area contributed by atoms with Gasteiger partial charge in [0.25, 0.3) is 0 Å². The summed E-state index contributed by atoms with van der Waals surface area (Å²) >= 11 is 0. The molecule has 1 heterocycles. The summed E-state index contributed by atoms with van der Waals surface area (Å²) < 4.78 is 11.9. The van der Waals surface area contributed by atoms with Crippen molar-refractivity contribution in [1.82, 2.24) is 5.32 Å². The SMILES string of the molecule is CCOc1cc2oc3c(c2cc1/C(C)=C/C(=O)NCCC(C)C)CCCC3. The Morgan fingerprint density at radius 3 is 2.81 bits per heavy atom. The Bertz CT molecular complexity index is 845. The highest BCUT2D eigenvalue weighted by molar-refractivity contribution is 5.97. The van der Waals surface area contributed by atoms with E-state index < -0.39 is 0 Å². The van der Waals surface area contributed by atoms with Crippen molar-refractivity contribution >= 4 is 22.4 Å². The lowest BCUT2D eigenvalue weighted by atomic mass is 9.94. The first-order chi connectivity index (χ1) is 13.0. The number of carbonyl (C=O) groups excluding carboxylic acids is 1. The highest BCUT2D eigenvalue weighted by atomic mass is 16.5. The highest BCUT2D eigenvalue weighted by Gasteiger charge is 2.20. The number of hydrogen-bond donors (Lipinski definition) is 1. The van der Waals surface area contributed by atoms with Crippen LogP contribution < -0.4 is 10.1 Å². The maximum atomic E-state index is 12.3. The zero-order valence-electron chi connectivity index (χ0n) is 17.0. The zero-order valence-corrected chi connectivity index (χ0v) is 17.0. The number of furan rings is 1. The quantitative estimate of drug-likeness (QED) is 0.676. The molecular weight excluding hydrogens is 338 g/mol. The number of allylic oxidation sites excluding steroid dienone is 1. The second-order valence-corrected chi connectivity index (χ2v) is 7.79. The Morgan fingerprint density at radius 2 is 2.07 bits per heavy atom. The summed E-state index contributed by atoms with van der Waals surface area (Å²) in [6.45, 7) is 9.53. The zero-order chi connectivity index (χ0) is 19.4. The van der Waals surface area contributed by atoms with Crippen molar-refractivity contribution in [1.29, 1.82) is 0 Å². The molecule has 1 aromatic carbocycles. The van der Waals surface area contributed by atoms with Crippen LogP contribution in [-0.2, 0) is 17.6 Å². The molecule has 0 aliphatic heterocycles. The molecule has 2 aromatic rings. The molecule has 4 heteroatoms. The van der Waals surface area contributed by atoms with E-state index >= 15 is 0 Å². The number of ether oxygens (including phenoxy) is 1. The van der Waals surface area contributed by atoms with Gasteiger partial charge in [0.1, 0.15) is 17.1 Å². The van der Waals surface area contributed by atoms with Gasteiger partial charge in [-0.1, -0.05) is 13.8 Å². The van der Waals surface area contributed by atoms with Gasteiger partial charge in [-0.05, 0) is 57.1 Å². The van der Waals surface area contributed by atoms with Crippen LogP contribution in [0.15, 0.2) is 22.6 Å². The van der Waals surface area contributed by atoms with Crippen molar-refractivity contribution in [2.45, 2.75) is 59.8 Å². The molecule has 146 valence electrons. The average molecular weight is 370 g/mol. The molecule has 0 saturated heterocycles. The van der Waals surface area contributed by atoms with Gasteiger partial charge < -0.3 is 14.5 Å². The molecule has 1 aliphatic carbocycles. The minimum Gasteiger partial charge on any atom is -0.493 e. The van der Waals surface area contributed by atoms with Gasteiger partial charge in [-0.3, -0.25) is 4.79 Å². The van der Waals surface area contributed by atoms with Crippen LogP contribution in [0.3, 0.4) is 0 Å². The fourth-order valence-corrected chi connectivity index (χ4v) is 3.68. The predicted octanol–water partition coefficient (Wildman–Crippen LogP) is 5.28. The number of amides is 1. The van der Waals surface area contributed by atoms with Gasteiger partial charge >= 0.3 is 0 Å². The first-order valence-corrected chi connectivity index (χ1v) is 10.2. The minimum absolute atomic E-state index is 0.0510. The van der Waals surface area contributed by atoms with Crippen molar-refractivity contribution in [2.24, 2.45) is 5.92 Å². The van der Waals surface area contributed by atoms with E-state index in [0.29, 0.717) is 19.1 Å². The van der Waals surface area contributed by atoms with E-state index in [9.17, 15) is 4.79 Å². The van der Waals surface area contributed by atoms with E-state index in [4.69, 9.17) is 9.15 Å². The molecule has 0 radical (unpaired) electrons. The van der Waals surface area contributed by atoms with Crippen LogP contribution in [0.5, 0.6) is 5.75 Å². The third-order valence-corrected chi connectivity index (χ3v) is 5.15. The molecule has 1 aromatic heterocycles. The molecule has 4 nitrogen and oxygen atoms in total. The Kier molecular flexibility index (Phi) is 6.25. The largest absolute Gasteiger partial charge is 0.493 e. The van der Waals surface area contributed by atoms with E-state index in [-0.39, 0.29) is 5.91 Å². The van der Waals surface area contributed by atoms with Crippen LogP contribution in [-0.4, -0.2) is 19.1 Å². The lowest BCUT2D eigenvalue weighted by Crippen LogP contribution is -2.23. The van der Waals surface area contributed by atoms with Gasteiger partial charge in [0, 0.05) is 41.6 Å². The maximum absolute atomic E-state index is 12.3. The van der Waals surface area contributed by atoms with Crippen molar-refractivity contribution < 1.29 is 13.9 Å². The summed E-state index contributed by atoms with van der Waals surface area (Å²) in [5.41, 5.74) is 4.10. The van der Waals surface area contributed by atoms with Crippen LogP contribution in [0.4, 0.5) is 0 Å². The van der Waals surface area contributed by atoms with Gasteiger partial charge in [0.15, 0.2) is 0 Å². The number of hydrogen-bond acceptors (Lipinski definition) is 3. The topological polar surface area (TPSA) is 51.5 Å². The van der Waals surface area contributed by atoms with Gasteiger partial charge in [0.2, 0.25) is 5.91 Å². The summed E-state index contributed by atoms with van der Waals surface area (Å²) in [4.78, 5) is 12.3. The van der Waals surface area contributed by atoms with E-state index in [1.54, 1.807) is 6.08 Å². The van der Waals surface area contributed by atoms with Crippen molar-refractivity contribution in [2.75, 3.05) is 13.2 Å². The monoisotopic (exact) mass is 369 g/mol. The summed E-state index contributed by atoms with van der Waals surface area (Å²) in [5, 5.41) is 4.14. The van der Waals surface area contributed by atoms with E-state index in [0.717, 1.165) is 52.9 Å². The number of carbonyl (C=O) groups is 1. The van der Waals surface area contributed by atoms with Gasteiger partial charge in [-0.15, -0.1) is 0 Å². The van der Waals surface area contributed by atoms with Gasteiger partial charge in [-0.25, -0.2) is 0 Å².